The Kier molecular flexibility index (Phi) is 3.91. The van der Waals surface area contributed by atoms with E-state index in [1.54, 1.807) is 17.1 Å². The molecule has 0 spiro atoms. The van der Waals surface area contributed by atoms with Crippen LogP contribution in [0.1, 0.15) is 17.9 Å². The Labute approximate surface area is 125 Å². The number of nitrogens with zero attached hydrogens (tertiary/aromatic N) is 3. The van der Waals surface area contributed by atoms with E-state index in [4.69, 9.17) is 11.6 Å². The monoisotopic (exact) mass is 315 g/mol. The van der Waals surface area contributed by atoms with Gasteiger partial charge in [-0.15, -0.1) is 0 Å². The summed E-state index contributed by atoms with van der Waals surface area (Å²) in [6.45, 7) is 1.99. The van der Waals surface area contributed by atoms with Crippen LogP contribution in [0.15, 0.2) is 24.7 Å². The third kappa shape index (κ3) is 2.91. The van der Waals surface area contributed by atoms with Gasteiger partial charge in [0.05, 0.1) is 19.2 Å². The molecule has 1 unspecified atom stereocenters. The third-order valence-corrected chi connectivity index (χ3v) is 4.08. The molecule has 1 aromatic heterocycles. The second-order valence-electron chi connectivity index (χ2n) is 5.19. The van der Waals surface area contributed by atoms with Gasteiger partial charge in [0.1, 0.15) is 5.15 Å². The molecule has 7 heteroatoms. The number of halogens is 4. The van der Waals surface area contributed by atoms with E-state index in [0.717, 1.165) is 25.1 Å². The van der Waals surface area contributed by atoms with E-state index >= 15 is 0 Å². The quantitative estimate of drug-likeness (QED) is 0.809. The molecular weight excluding hydrogens is 303 g/mol. The van der Waals surface area contributed by atoms with Gasteiger partial charge in [0.2, 0.25) is 0 Å². The molecule has 1 aliphatic rings. The Morgan fingerprint density at radius 3 is 2.57 bits per heavy atom. The van der Waals surface area contributed by atoms with E-state index in [1.165, 1.54) is 0 Å². The molecule has 0 amide bonds. The Morgan fingerprint density at radius 1 is 1.24 bits per heavy atom. The van der Waals surface area contributed by atoms with E-state index in [-0.39, 0.29) is 5.92 Å². The zero-order valence-corrected chi connectivity index (χ0v) is 11.8. The van der Waals surface area contributed by atoms with Gasteiger partial charge >= 0.3 is 0 Å². The molecule has 1 aromatic carbocycles. The second-order valence-corrected chi connectivity index (χ2v) is 5.58. The van der Waals surface area contributed by atoms with Crippen molar-refractivity contribution in [3.05, 3.63) is 52.8 Å². The summed E-state index contributed by atoms with van der Waals surface area (Å²) in [6, 6.07) is 2.16. The van der Waals surface area contributed by atoms with Crippen LogP contribution in [0, 0.1) is 17.5 Å². The van der Waals surface area contributed by atoms with Crippen LogP contribution in [0.2, 0.25) is 5.15 Å². The fraction of sp³-hybridized carbons (Fsp3) is 0.357. The highest BCUT2D eigenvalue weighted by atomic mass is 35.5. The van der Waals surface area contributed by atoms with Crippen LogP contribution in [-0.4, -0.2) is 27.5 Å². The molecule has 1 atom stereocenters. The molecule has 0 radical (unpaired) electrons. The maximum atomic E-state index is 13.3. The topological polar surface area (TPSA) is 21.1 Å². The van der Waals surface area contributed by atoms with Gasteiger partial charge in [-0.3, -0.25) is 4.90 Å². The van der Waals surface area contributed by atoms with Crippen molar-refractivity contribution in [1.29, 1.82) is 0 Å². The van der Waals surface area contributed by atoms with Gasteiger partial charge < -0.3 is 4.57 Å². The lowest BCUT2D eigenvalue weighted by Crippen LogP contribution is -2.23. The van der Waals surface area contributed by atoms with Gasteiger partial charge in [-0.25, -0.2) is 18.2 Å². The van der Waals surface area contributed by atoms with Gasteiger partial charge in [-0.1, -0.05) is 11.6 Å². The fourth-order valence-corrected chi connectivity index (χ4v) is 2.82. The Bertz CT molecular complexity index is 636. The normalized spacial score (nSPS) is 19.3. The molecule has 0 N–H and O–H groups in total. The first kappa shape index (κ1) is 14.4. The minimum Gasteiger partial charge on any atom is -0.308 e. The van der Waals surface area contributed by atoms with E-state index in [9.17, 15) is 13.2 Å². The largest absolute Gasteiger partial charge is 0.308 e. The van der Waals surface area contributed by atoms with Crippen molar-refractivity contribution in [1.82, 2.24) is 14.5 Å². The number of imidazole rings is 1. The Balaban J connectivity index is 1.71. The minimum absolute atomic E-state index is 0.0168. The summed E-state index contributed by atoms with van der Waals surface area (Å²) in [4.78, 5) is 6.05. The highest BCUT2D eigenvalue weighted by Crippen LogP contribution is 2.29. The summed E-state index contributed by atoms with van der Waals surface area (Å²) in [5.74, 6) is -3.71. The van der Waals surface area contributed by atoms with Crippen molar-refractivity contribution in [2.24, 2.45) is 0 Å². The van der Waals surface area contributed by atoms with E-state index in [0.29, 0.717) is 23.9 Å². The molecule has 2 heterocycles. The fourth-order valence-electron chi connectivity index (χ4n) is 2.67. The number of benzene rings is 1. The first-order valence-electron chi connectivity index (χ1n) is 6.57. The highest BCUT2D eigenvalue weighted by Gasteiger charge is 2.26. The summed E-state index contributed by atoms with van der Waals surface area (Å²) in [6.07, 6.45) is 3.95. The number of aromatic nitrogens is 2. The van der Waals surface area contributed by atoms with Crippen molar-refractivity contribution in [2.75, 3.05) is 13.1 Å². The number of rotatable bonds is 3. The molecule has 3 rings (SSSR count). The molecule has 1 saturated heterocycles. The van der Waals surface area contributed by atoms with E-state index in [1.807, 2.05) is 0 Å². The first-order chi connectivity index (χ1) is 10.0. The maximum Gasteiger partial charge on any atom is 0.194 e. The molecule has 0 bridgehead atoms. The van der Waals surface area contributed by atoms with E-state index < -0.39 is 17.5 Å². The standard InChI is InChI=1S/C14H13ClF3N3/c15-13-5-19-7-21(13)8-20-2-1-9(6-20)10-3-11(16)14(18)12(17)4-10/h3-5,7,9H,1-2,6,8H2. The summed E-state index contributed by atoms with van der Waals surface area (Å²) in [5.41, 5.74) is 0.491. The van der Waals surface area contributed by atoms with Gasteiger partial charge in [0.15, 0.2) is 17.5 Å². The van der Waals surface area contributed by atoms with Crippen LogP contribution < -0.4 is 0 Å². The predicted octanol–water partition coefficient (Wildman–Crippen LogP) is 3.40. The summed E-state index contributed by atoms with van der Waals surface area (Å²) in [7, 11) is 0. The summed E-state index contributed by atoms with van der Waals surface area (Å²) in [5, 5.41) is 0.539. The SMILES string of the molecule is Fc1cc(C2CCN(Cn3cncc3Cl)C2)cc(F)c1F. The van der Waals surface area contributed by atoms with Crippen LogP contribution in [0.3, 0.4) is 0 Å². The van der Waals surface area contributed by atoms with Crippen molar-refractivity contribution in [2.45, 2.75) is 19.0 Å². The number of hydrogen-bond acceptors (Lipinski definition) is 2. The van der Waals surface area contributed by atoms with Crippen LogP contribution >= 0.6 is 11.6 Å². The van der Waals surface area contributed by atoms with E-state index in [2.05, 4.69) is 9.88 Å². The summed E-state index contributed by atoms with van der Waals surface area (Å²) < 4.78 is 41.4. The Hall–Kier alpha value is -1.53. The van der Waals surface area contributed by atoms with Crippen molar-refractivity contribution in [3.63, 3.8) is 0 Å². The molecule has 3 nitrogen and oxygen atoms in total. The molecule has 1 aliphatic heterocycles. The predicted molar refractivity (Wildman–Crippen MR) is 72.5 cm³/mol. The lowest BCUT2D eigenvalue weighted by atomic mass is 9.98. The second kappa shape index (κ2) is 5.69. The highest BCUT2D eigenvalue weighted by molar-refractivity contribution is 6.29. The molecular formula is C14H13ClF3N3. The Morgan fingerprint density at radius 2 is 1.95 bits per heavy atom. The molecule has 21 heavy (non-hydrogen) atoms. The first-order valence-corrected chi connectivity index (χ1v) is 6.95. The zero-order valence-electron chi connectivity index (χ0n) is 11.1. The van der Waals surface area contributed by atoms with Crippen LogP contribution in [0.25, 0.3) is 0 Å². The number of hydrogen-bond donors (Lipinski definition) is 0. The zero-order chi connectivity index (χ0) is 15.0. The number of likely N-dealkylation sites (tertiary alicyclic amines) is 1. The summed E-state index contributed by atoms with van der Waals surface area (Å²) >= 11 is 5.96. The molecule has 112 valence electrons. The molecule has 1 fully saturated rings. The molecule has 2 aromatic rings. The minimum atomic E-state index is -1.42. The van der Waals surface area contributed by atoms with Gasteiger partial charge in [0.25, 0.3) is 0 Å². The van der Waals surface area contributed by atoms with Crippen LogP contribution in [-0.2, 0) is 6.67 Å². The lowest BCUT2D eigenvalue weighted by Gasteiger charge is -2.17. The molecule has 0 aliphatic carbocycles. The molecule has 0 saturated carbocycles. The van der Waals surface area contributed by atoms with Crippen LogP contribution in [0.5, 0.6) is 0 Å². The smallest absolute Gasteiger partial charge is 0.194 e. The average molecular weight is 316 g/mol. The van der Waals surface area contributed by atoms with Crippen molar-refractivity contribution in [3.8, 4) is 0 Å². The van der Waals surface area contributed by atoms with Crippen molar-refractivity contribution < 1.29 is 13.2 Å². The average Bonchev–Trinajstić information content (AvgIpc) is 3.06. The van der Waals surface area contributed by atoms with Gasteiger partial charge in [-0.2, -0.15) is 0 Å². The lowest BCUT2D eigenvalue weighted by molar-refractivity contribution is 0.267. The van der Waals surface area contributed by atoms with Crippen LogP contribution in [0.4, 0.5) is 13.2 Å². The third-order valence-electron chi connectivity index (χ3n) is 3.76. The van der Waals surface area contributed by atoms with Crippen molar-refractivity contribution >= 4 is 11.6 Å². The van der Waals surface area contributed by atoms with Gasteiger partial charge in [0, 0.05) is 13.1 Å². The maximum absolute atomic E-state index is 13.3. The van der Waals surface area contributed by atoms with Gasteiger partial charge in [-0.05, 0) is 30.0 Å².